The van der Waals surface area contributed by atoms with Crippen molar-refractivity contribution in [2.75, 3.05) is 20.6 Å². The maximum atomic E-state index is 13.2. The minimum atomic E-state index is -4.68. The summed E-state index contributed by atoms with van der Waals surface area (Å²) in [5.74, 6) is -0.419. The van der Waals surface area contributed by atoms with Gasteiger partial charge < -0.3 is 10.2 Å². The molecule has 33 heavy (non-hydrogen) atoms. The monoisotopic (exact) mass is 477 g/mol. The van der Waals surface area contributed by atoms with Gasteiger partial charge in [0.15, 0.2) is 5.78 Å². The van der Waals surface area contributed by atoms with Crippen LogP contribution in [0, 0.1) is 0 Å². The number of carbonyl (C=O) groups excluding carboxylic acids is 2. The Kier molecular flexibility index (Phi) is 5.98. The van der Waals surface area contributed by atoms with Crippen LogP contribution in [0.15, 0.2) is 36.5 Å². The van der Waals surface area contributed by atoms with Crippen molar-refractivity contribution in [3.63, 3.8) is 0 Å². The molecule has 1 aromatic carbocycles. The zero-order valence-corrected chi connectivity index (χ0v) is 18.5. The number of pyridine rings is 1. The number of fused-ring (bicyclic) bond motifs is 1. The molecule has 3 heterocycles. The van der Waals surface area contributed by atoms with Gasteiger partial charge in [0.1, 0.15) is 5.82 Å². The maximum absolute atomic E-state index is 13.2. The van der Waals surface area contributed by atoms with E-state index in [9.17, 15) is 22.8 Å². The van der Waals surface area contributed by atoms with Crippen molar-refractivity contribution in [2.45, 2.75) is 19.1 Å². The molecule has 0 unspecified atom stereocenters. The third-order valence-corrected chi connectivity index (χ3v) is 5.68. The molecule has 1 aliphatic heterocycles. The lowest BCUT2D eigenvalue weighted by atomic mass is 10.0. The van der Waals surface area contributed by atoms with Gasteiger partial charge in [0.25, 0.3) is 5.91 Å². The van der Waals surface area contributed by atoms with Gasteiger partial charge in [-0.25, -0.2) is 9.97 Å². The van der Waals surface area contributed by atoms with E-state index in [0.717, 1.165) is 23.5 Å². The average Bonchev–Trinajstić information content (AvgIpc) is 3.17. The van der Waals surface area contributed by atoms with Crippen LogP contribution < -0.4 is 5.32 Å². The Morgan fingerprint density at radius 3 is 2.58 bits per heavy atom. The number of hydrogen-bond donors (Lipinski definition) is 1. The summed E-state index contributed by atoms with van der Waals surface area (Å²) in [6, 6.07) is 6.17. The number of halogens is 4. The maximum Gasteiger partial charge on any atom is 0.417 e. The minimum absolute atomic E-state index is 0.0658. The summed E-state index contributed by atoms with van der Waals surface area (Å²) in [6.07, 6.45) is -2.79. The van der Waals surface area contributed by atoms with Gasteiger partial charge in [-0.2, -0.15) is 13.2 Å². The van der Waals surface area contributed by atoms with Gasteiger partial charge in [0, 0.05) is 50.9 Å². The SMILES string of the molecule is CN(C)C(=O)c1nc2c(n1-c1ccc(C(=O)c3cccc(C(F)(F)F)c3Cl)cn1)CCNC2. The van der Waals surface area contributed by atoms with Gasteiger partial charge >= 0.3 is 6.18 Å². The van der Waals surface area contributed by atoms with Crippen molar-refractivity contribution < 1.29 is 22.8 Å². The van der Waals surface area contributed by atoms with Crippen molar-refractivity contribution in [1.82, 2.24) is 24.8 Å². The number of imidazole rings is 1. The molecule has 172 valence electrons. The number of carbonyl (C=O) groups is 2. The Morgan fingerprint density at radius 1 is 1.18 bits per heavy atom. The molecule has 1 N–H and O–H groups in total. The molecule has 0 fully saturated rings. The first-order chi connectivity index (χ1) is 15.6. The fraction of sp³-hybridized carbons (Fsp3) is 0.273. The predicted octanol–water partition coefficient (Wildman–Crippen LogP) is 3.52. The first-order valence-corrected chi connectivity index (χ1v) is 10.4. The van der Waals surface area contributed by atoms with Crippen molar-refractivity contribution in [3.05, 3.63) is 75.5 Å². The Bertz CT molecular complexity index is 1240. The van der Waals surface area contributed by atoms with Crippen LogP contribution in [-0.4, -0.2) is 51.8 Å². The Labute approximate surface area is 192 Å². The zero-order valence-electron chi connectivity index (χ0n) is 17.7. The number of ketones is 1. The molecule has 0 bridgehead atoms. The zero-order chi connectivity index (χ0) is 23.9. The fourth-order valence-corrected chi connectivity index (χ4v) is 3.95. The van der Waals surface area contributed by atoms with Crippen LogP contribution in [0.25, 0.3) is 5.82 Å². The fourth-order valence-electron chi connectivity index (χ4n) is 3.64. The lowest BCUT2D eigenvalue weighted by Crippen LogP contribution is -2.26. The summed E-state index contributed by atoms with van der Waals surface area (Å²) in [7, 11) is 3.24. The highest BCUT2D eigenvalue weighted by Crippen LogP contribution is 2.36. The van der Waals surface area contributed by atoms with Gasteiger partial charge in [-0.3, -0.25) is 14.2 Å². The summed E-state index contributed by atoms with van der Waals surface area (Å²) >= 11 is 5.89. The van der Waals surface area contributed by atoms with E-state index in [2.05, 4.69) is 15.3 Å². The standard InChI is InChI=1S/C22H19ClF3N5O2/c1-30(2)21(33)20-29-15-11-27-9-8-16(15)31(20)17-7-6-12(10-28-17)19(32)13-4-3-5-14(18(13)23)22(24,25)26/h3-7,10,27H,8-9,11H2,1-2H3. The normalized spacial score (nSPS) is 13.5. The quantitative estimate of drug-likeness (QED) is 0.582. The molecule has 7 nitrogen and oxygen atoms in total. The van der Waals surface area contributed by atoms with Gasteiger partial charge in [0.2, 0.25) is 5.82 Å². The van der Waals surface area contributed by atoms with E-state index in [0.29, 0.717) is 25.3 Å². The van der Waals surface area contributed by atoms with E-state index in [1.807, 2.05) is 0 Å². The summed E-state index contributed by atoms with van der Waals surface area (Å²) in [4.78, 5) is 35.8. The highest BCUT2D eigenvalue weighted by atomic mass is 35.5. The first kappa shape index (κ1) is 22.9. The molecule has 0 aliphatic carbocycles. The molecule has 0 saturated heterocycles. The molecule has 0 saturated carbocycles. The van der Waals surface area contributed by atoms with Crippen molar-refractivity contribution in [2.24, 2.45) is 0 Å². The molecule has 0 radical (unpaired) electrons. The third-order valence-electron chi connectivity index (χ3n) is 5.27. The summed E-state index contributed by atoms with van der Waals surface area (Å²) in [5, 5.41) is 2.55. The van der Waals surface area contributed by atoms with E-state index in [1.165, 1.54) is 29.3 Å². The van der Waals surface area contributed by atoms with Crippen LogP contribution in [0.2, 0.25) is 5.02 Å². The average molecular weight is 478 g/mol. The van der Waals surface area contributed by atoms with Gasteiger partial charge in [-0.1, -0.05) is 17.7 Å². The van der Waals surface area contributed by atoms with Gasteiger partial charge in [0.05, 0.1) is 22.0 Å². The minimum Gasteiger partial charge on any atom is -0.342 e. The molecule has 0 atom stereocenters. The first-order valence-electron chi connectivity index (χ1n) is 9.99. The van der Waals surface area contributed by atoms with E-state index in [-0.39, 0.29) is 22.9 Å². The Hall–Kier alpha value is -3.24. The largest absolute Gasteiger partial charge is 0.417 e. The molecule has 4 rings (SSSR count). The number of hydrogen-bond acceptors (Lipinski definition) is 5. The topological polar surface area (TPSA) is 80.1 Å². The van der Waals surface area contributed by atoms with E-state index >= 15 is 0 Å². The van der Waals surface area contributed by atoms with Crippen molar-refractivity contribution in [3.8, 4) is 5.82 Å². The molecule has 1 amide bonds. The van der Waals surface area contributed by atoms with Crippen LogP contribution in [0.3, 0.4) is 0 Å². The Balaban J connectivity index is 1.73. The highest BCUT2D eigenvalue weighted by molar-refractivity contribution is 6.35. The highest BCUT2D eigenvalue weighted by Gasteiger charge is 2.35. The summed E-state index contributed by atoms with van der Waals surface area (Å²) in [6.45, 7) is 1.22. The second-order valence-electron chi connectivity index (χ2n) is 7.69. The molecule has 2 aromatic heterocycles. The lowest BCUT2D eigenvalue weighted by molar-refractivity contribution is -0.137. The molecule has 1 aliphatic rings. The molecular formula is C22H19ClF3N5O2. The number of nitrogens with one attached hydrogen (secondary N) is 1. The number of aromatic nitrogens is 3. The number of amides is 1. The number of nitrogens with zero attached hydrogens (tertiary/aromatic N) is 4. The number of rotatable bonds is 4. The third kappa shape index (κ3) is 4.23. The smallest absolute Gasteiger partial charge is 0.342 e. The van der Waals surface area contributed by atoms with Crippen LogP contribution in [0.4, 0.5) is 13.2 Å². The summed E-state index contributed by atoms with van der Waals surface area (Å²) < 4.78 is 41.1. The second-order valence-corrected chi connectivity index (χ2v) is 8.07. The molecule has 0 spiro atoms. The van der Waals surface area contributed by atoms with Crippen LogP contribution in [0.1, 0.15) is 43.5 Å². The molecule has 3 aromatic rings. The van der Waals surface area contributed by atoms with Crippen molar-refractivity contribution >= 4 is 23.3 Å². The molecular weight excluding hydrogens is 459 g/mol. The molecule has 11 heteroatoms. The predicted molar refractivity (Wildman–Crippen MR) is 115 cm³/mol. The van der Waals surface area contributed by atoms with E-state index in [1.54, 1.807) is 18.7 Å². The Morgan fingerprint density at radius 2 is 1.94 bits per heavy atom. The van der Waals surface area contributed by atoms with Gasteiger partial charge in [-0.05, 0) is 24.3 Å². The van der Waals surface area contributed by atoms with E-state index < -0.39 is 22.5 Å². The summed E-state index contributed by atoms with van der Waals surface area (Å²) in [5.41, 5.74) is 0.299. The number of alkyl halides is 3. The van der Waals surface area contributed by atoms with E-state index in [4.69, 9.17) is 11.6 Å². The van der Waals surface area contributed by atoms with Crippen LogP contribution in [-0.2, 0) is 19.1 Å². The van der Waals surface area contributed by atoms with Gasteiger partial charge in [-0.15, -0.1) is 0 Å². The lowest BCUT2D eigenvalue weighted by Gasteiger charge is -2.16. The van der Waals surface area contributed by atoms with Crippen LogP contribution >= 0.6 is 11.6 Å². The number of benzene rings is 1. The second kappa shape index (κ2) is 8.60. The van der Waals surface area contributed by atoms with Crippen molar-refractivity contribution in [1.29, 1.82) is 0 Å². The van der Waals surface area contributed by atoms with Crippen LogP contribution in [0.5, 0.6) is 0 Å².